The maximum atomic E-state index is 4.58. The van der Waals surface area contributed by atoms with Gasteiger partial charge in [0.05, 0.1) is 6.20 Å². The van der Waals surface area contributed by atoms with Crippen LogP contribution in [0.5, 0.6) is 0 Å². The fraction of sp³-hybridized carbons (Fsp3) is 0.385. The molecule has 0 saturated heterocycles. The van der Waals surface area contributed by atoms with Gasteiger partial charge in [-0.3, -0.25) is 9.36 Å². The summed E-state index contributed by atoms with van der Waals surface area (Å²) in [6, 6.07) is 3.93. The number of hydrogen-bond donors (Lipinski definition) is 0. The van der Waals surface area contributed by atoms with Crippen molar-refractivity contribution in [3.63, 3.8) is 0 Å². The lowest BCUT2D eigenvalue weighted by molar-refractivity contribution is 0.639. The Morgan fingerprint density at radius 3 is 2.60 bits per heavy atom. The van der Waals surface area contributed by atoms with Crippen molar-refractivity contribution in [2.75, 3.05) is 0 Å². The minimum Gasteiger partial charge on any atom is -0.269 e. The van der Waals surface area contributed by atoms with E-state index in [2.05, 4.69) is 27.2 Å². The summed E-state index contributed by atoms with van der Waals surface area (Å²) < 4.78 is 5.50. The molecular weight excluding hydrogens is 254 g/mol. The zero-order chi connectivity index (χ0) is 14.3. The highest BCUT2D eigenvalue weighted by Gasteiger charge is 2.17. The molecule has 0 aliphatic heterocycles. The van der Waals surface area contributed by atoms with Crippen molar-refractivity contribution < 1.29 is 0 Å². The molecule has 104 valence electrons. The standard InChI is InChI=1S/C13H17N7/c1-5-19-9(2)8-11(17-19)13-15-10(3)16-20(13)12-6-7-14-18(12)4/h6-8H,5H2,1-4H3. The normalized spacial score (nSPS) is 11.2. The lowest BCUT2D eigenvalue weighted by Gasteiger charge is -2.03. The quantitative estimate of drug-likeness (QED) is 0.724. The molecule has 0 aliphatic rings. The van der Waals surface area contributed by atoms with Gasteiger partial charge in [0.1, 0.15) is 11.5 Å². The van der Waals surface area contributed by atoms with Gasteiger partial charge in [-0.2, -0.15) is 14.9 Å². The molecule has 0 N–H and O–H groups in total. The molecule has 3 aromatic rings. The summed E-state index contributed by atoms with van der Waals surface area (Å²) in [7, 11) is 1.88. The summed E-state index contributed by atoms with van der Waals surface area (Å²) in [6.07, 6.45) is 1.74. The van der Waals surface area contributed by atoms with E-state index in [-0.39, 0.29) is 0 Å². The first kappa shape index (κ1) is 12.6. The van der Waals surface area contributed by atoms with Crippen LogP contribution in [0.4, 0.5) is 0 Å². The second kappa shape index (κ2) is 4.59. The van der Waals surface area contributed by atoms with Crippen molar-refractivity contribution in [1.29, 1.82) is 0 Å². The molecule has 0 amide bonds. The molecular formula is C13H17N7. The third kappa shape index (κ3) is 1.91. The first-order chi connectivity index (χ1) is 9.60. The molecule has 0 atom stereocenters. The molecule has 20 heavy (non-hydrogen) atoms. The Hall–Kier alpha value is -2.44. The Bertz CT molecular complexity index is 747. The van der Waals surface area contributed by atoms with Crippen LogP contribution >= 0.6 is 0 Å². The van der Waals surface area contributed by atoms with Gasteiger partial charge in [0.15, 0.2) is 11.6 Å². The predicted octanol–water partition coefficient (Wildman–Crippen LogP) is 1.50. The SMILES string of the molecule is CCn1nc(-c2nc(C)nn2-c2ccnn2C)cc1C. The molecule has 0 saturated carbocycles. The van der Waals surface area contributed by atoms with Gasteiger partial charge in [-0.25, -0.2) is 4.98 Å². The summed E-state index contributed by atoms with van der Waals surface area (Å²) in [6.45, 7) is 6.82. The van der Waals surface area contributed by atoms with Gasteiger partial charge in [-0.05, 0) is 26.8 Å². The van der Waals surface area contributed by atoms with E-state index in [1.807, 2.05) is 37.7 Å². The highest BCUT2D eigenvalue weighted by atomic mass is 15.4. The minimum atomic E-state index is 0.713. The van der Waals surface area contributed by atoms with Crippen LogP contribution < -0.4 is 0 Å². The topological polar surface area (TPSA) is 66.3 Å². The number of aryl methyl sites for hydroxylation is 4. The van der Waals surface area contributed by atoms with E-state index < -0.39 is 0 Å². The molecule has 0 spiro atoms. The monoisotopic (exact) mass is 271 g/mol. The molecule has 7 heteroatoms. The Labute approximate surface area is 116 Å². The van der Waals surface area contributed by atoms with E-state index in [1.165, 1.54) is 0 Å². The maximum absolute atomic E-state index is 4.58. The highest BCUT2D eigenvalue weighted by molar-refractivity contribution is 5.52. The molecule has 3 aromatic heterocycles. The molecule has 0 bridgehead atoms. The minimum absolute atomic E-state index is 0.713. The number of hydrogen-bond acceptors (Lipinski definition) is 4. The molecule has 3 heterocycles. The van der Waals surface area contributed by atoms with E-state index in [1.54, 1.807) is 15.6 Å². The molecule has 3 rings (SSSR count). The molecule has 0 aromatic carbocycles. The zero-order valence-corrected chi connectivity index (χ0v) is 12.1. The van der Waals surface area contributed by atoms with Gasteiger partial charge < -0.3 is 0 Å². The maximum Gasteiger partial charge on any atom is 0.185 e. The Morgan fingerprint density at radius 2 is 2.00 bits per heavy atom. The van der Waals surface area contributed by atoms with Crippen LogP contribution in [-0.2, 0) is 13.6 Å². The van der Waals surface area contributed by atoms with Gasteiger partial charge in [-0.15, -0.1) is 5.10 Å². The van der Waals surface area contributed by atoms with Crippen LogP contribution in [0.15, 0.2) is 18.3 Å². The van der Waals surface area contributed by atoms with Gasteiger partial charge in [-0.1, -0.05) is 0 Å². The largest absolute Gasteiger partial charge is 0.269 e. The van der Waals surface area contributed by atoms with Crippen LogP contribution in [0.2, 0.25) is 0 Å². The summed E-state index contributed by atoms with van der Waals surface area (Å²) >= 11 is 0. The lowest BCUT2D eigenvalue weighted by atomic mass is 10.3. The van der Waals surface area contributed by atoms with Gasteiger partial charge in [0.25, 0.3) is 0 Å². The van der Waals surface area contributed by atoms with Gasteiger partial charge in [0, 0.05) is 25.4 Å². The fourth-order valence-corrected chi connectivity index (χ4v) is 2.25. The number of rotatable bonds is 3. The van der Waals surface area contributed by atoms with E-state index in [9.17, 15) is 0 Å². The zero-order valence-electron chi connectivity index (χ0n) is 12.1. The Morgan fingerprint density at radius 1 is 1.20 bits per heavy atom. The van der Waals surface area contributed by atoms with E-state index in [0.717, 1.165) is 29.6 Å². The van der Waals surface area contributed by atoms with Crippen molar-refractivity contribution in [2.24, 2.45) is 7.05 Å². The first-order valence-electron chi connectivity index (χ1n) is 6.57. The lowest BCUT2D eigenvalue weighted by Crippen LogP contribution is -2.07. The Balaban J connectivity index is 2.17. The summed E-state index contributed by atoms with van der Waals surface area (Å²) in [5.74, 6) is 2.32. The van der Waals surface area contributed by atoms with Crippen molar-refractivity contribution in [3.8, 4) is 17.3 Å². The van der Waals surface area contributed by atoms with E-state index >= 15 is 0 Å². The van der Waals surface area contributed by atoms with Gasteiger partial charge in [0.2, 0.25) is 0 Å². The first-order valence-corrected chi connectivity index (χ1v) is 6.57. The average molecular weight is 271 g/mol. The average Bonchev–Trinajstić information content (AvgIpc) is 3.08. The van der Waals surface area contributed by atoms with Crippen LogP contribution in [0.3, 0.4) is 0 Å². The van der Waals surface area contributed by atoms with Crippen LogP contribution in [0, 0.1) is 13.8 Å². The number of nitrogens with zero attached hydrogens (tertiary/aromatic N) is 7. The number of aromatic nitrogens is 7. The van der Waals surface area contributed by atoms with Crippen molar-refractivity contribution in [1.82, 2.24) is 34.3 Å². The van der Waals surface area contributed by atoms with Crippen LogP contribution in [0.1, 0.15) is 18.4 Å². The van der Waals surface area contributed by atoms with Crippen molar-refractivity contribution in [2.45, 2.75) is 27.3 Å². The fourth-order valence-electron chi connectivity index (χ4n) is 2.25. The second-order valence-corrected chi connectivity index (χ2v) is 4.69. The predicted molar refractivity (Wildman–Crippen MR) is 74.5 cm³/mol. The highest BCUT2D eigenvalue weighted by Crippen LogP contribution is 2.20. The van der Waals surface area contributed by atoms with Crippen molar-refractivity contribution >= 4 is 0 Å². The summed E-state index contributed by atoms with van der Waals surface area (Å²) in [5.41, 5.74) is 1.94. The van der Waals surface area contributed by atoms with Crippen molar-refractivity contribution in [3.05, 3.63) is 29.8 Å². The molecule has 0 radical (unpaired) electrons. The van der Waals surface area contributed by atoms with Gasteiger partial charge >= 0.3 is 0 Å². The van der Waals surface area contributed by atoms with Crippen LogP contribution in [-0.4, -0.2) is 34.3 Å². The second-order valence-electron chi connectivity index (χ2n) is 4.69. The third-order valence-corrected chi connectivity index (χ3v) is 3.23. The van der Waals surface area contributed by atoms with E-state index in [0.29, 0.717) is 5.82 Å². The smallest absolute Gasteiger partial charge is 0.185 e. The molecule has 0 aliphatic carbocycles. The molecule has 0 fully saturated rings. The Kier molecular flexibility index (Phi) is 2.89. The summed E-state index contributed by atoms with van der Waals surface area (Å²) in [4.78, 5) is 4.50. The van der Waals surface area contributed by atoms with Crippen LogP contribution in [0.25, 0.3) is 17.3 Å². The summed E-state index contributed by atoms with van der Waals surface area (Å²) in [5, 5.41) is 13.2. The molecule has 0 unspecified atom stereocenters. The molecule has 7 nitrogen and oxygen atoms in total. The van der Waals surface area contributed by atoms with E-state index in [4.69, 9.17) is 0 Å². The third-order valence-electron chi connectivity index (χ3n) is 3.23.